The molecule has 184 valence electrons. The minimum atomic E-state index is -1.12. The van der Waals surface area contributed by atoms with Gasteiger partial charge in [0, 0.05) is 18.5 Å². The number of rotatable bonds is 6. The number of thiophene rings is 1. The molecule has 37 heavy (non-hydrogen) atoms. The summed E-state index contributed by atoms with van der Waals surface area (Å²) in [6.07, 6.45) is 0. The number of fused-ring (bicyclic) bond motifs is 1. The van der Waals surface area contributed by atoms with E-state index in [1.54, 1.807) is 0 Å². The van der Waals surface area contributed by atoms with Crippen LogP contribution in [0.15, 0.2) is 66.7 Å². The Balaban J connectivity index is 1.43. The van der Waals surface area contributed by atoms with Gasteiger partial charge in [-0.05, 0) is 37.3 Å². The Morgan fingerprint density at radius 1 is 1.03 bits per heavy atom. The molecular formula is C27H23N7O2S. The number of aryl methyl sites for hydroxylation is 1. The number of nitriles is 1. The predicted octanol–water partition coefficient (Wildman–Crippen LogP) is 4.30. The van der Waals surface area contributed by atoms with Crippen LogP contribution < -0.4 is 4.90 Å². The lowest BCUT2D eigenvalue weighted by molar-refractivity contribution is 0.0979. The van der Waals surface area contributed by atoms with Crippen molar-refractivity contribution in [3.63, 3.8) is 0 Å². The third-order valence-corrected chi connectivity index (χ3v) is 7.54. The van der Waals surface area contributed by atoms with Gasteiger partial charge in [-0.15, -0.1) is 21.5 Å². The smallest absolute Gasteiger partial charge is 0.232 e. The summed E-state index contributed by atoms with van der Waals surface area (Å²) in [4.78, 5) is 17.2. The van der Waals surface area contributed by atoms with E-state index in [1.807, 2.05) is 82.9 Å². The molecule has 3 aromatic heterocycles. The molecule has 0 aliphatic carbocycles. The van der Waals surface area contributed by atoms with Crippen LogP contribution in [0.2, 0.25) is 0 Å². The van der Waals surface area contributed by atoms with E-state index >= 15 is 0 Å². The molecule has 1 aliphatic heterocycles. The predicted molar refractivity (Wildman–Crippen MR) is 141 cm³/mol. The van der Waals surface area contributed by atoms with Crippen molar-refractivity contribution in [1.29, 1.82) is 5.26 Å². The molecule has 1 atom stereocenters. The van der Waals surface area contributed by atoms with Crippen molar-refractivity contribution in [3.8, 4) is 17.4 Å². The van der Waals surface area contributed by atoms with Gasteiger partial charge in [0.15, 0.2) is 17.5 Å². The minimum Gasteiger partial charge on any atom is -0.378 e. The van der Waals surface area contributed by atoms with E-state index in [9.17, 15) is 10.1 Å². The largest absolute Gasteiger partial charge is 0.378 e. The molecule has 1 saturated heterocycles. The standard InChI is InChI=1S/C27H23N7O2S/c1-18-21-16-23(37-26(21)34(31-18)20-10-6-3-7-11-20)24(35)22(17-28)25-29-30-27(32-12-14-36-15-13-32)33(25)19-8-4-2-5-9-19/h2-11,16,22H,12-15H2,1H3. The summed E-state index contributed by atoms with van der Waals surface area (Å²) in [5, 5.41) is 24.6. The second-order valence-electron chi connectivity index (χ2n) is 8.72. The van der Waals surface area contributed by atoms with Crippen molar-refractivity contribution in [2.45, 2.75) is 12.8 Å². The van der Waals surface area contributed by atoms with Gasteiger partial charge >= 0.3 is 0 Å². The molecule has 2 aromatic carbocycles. The zero-order valence-electron chi connectivity index (χ0n) is 20.1. The van der Waals surface area contributed by atoms with Gasteiger partial charge < -0.3 is 9.64 Å². The first-order valence-electron chi connectivity index (χ1n) is 12.0. The van der Waals surface area contributed by atoms with E-state index in [0.717, 1.165) is 27.3 Å². The van der Waals surface area contributed by atoms with Gasteiger partial charge in [0.2, 0.25) is 5.95 Å². The molecule has 0 radical (unpaired) electrons. The van der Waals surface area contributed by atoms with Gasteiger partial charge in [-0.25, -0.2) is 4.68 Å². The molecule has 1 aliphatic rings. The summed E-state index contributed by atoms with van der Waals surface area (Å²) in [5.41, 5.74) is 2.53. The number of nitrogens with zero attached hydrogens (tertiary/aromatic N) is 7. The van der Waals surface area contributed by atoms with Gasteiger partial charge in [-0.2, -0.15) is 10.4 Å². The number of carbonyl (C=O) groups is 1. The van der Waals surface area contributed by atoms with Gasteiger partial charge in [0.1, 0.15) is 4.83 Å². The van der Waals surface area contributed by atoms with Crippen LogP contribution in [0.1, 0.15) is 27.1 Å². The fourth-order valence-corrected chi connectivity index (χ4v) is 5.71. The summed E-state index contributed by atoms with van der Waals surface area (Å²) < 4.78 is 9.16. The number of carbonyl (C=O) groups excluding carboxylic acids is 1. The van der Waals surface area contributed by atoms with Crippen LogP contribution in [0.5, 0.6) is 0 Å². The lowest BCUT2D eigenvalue weighted by Crippen LogP contribution is -2.38. The van der Waals surface area contributed by atoms with Gasteiger partial charge in [-0.1, -0.05) is 36.4 Å². The van der Waals surface area contributed by atoms with Gasteiger partial charge in [-0.3, -0.25) is 9.36 Å². The third-order valence-electron chi connectivity index (χ3n) is 6.42. The number of benzene rings is 2. The highest BCUT2D eigenvalue weighted by Crippen LogP contribution is 2.34. The average molecular weight is 510 g/mol. The third kappa shape index (κ3) is 4.08. The summed E-state index contributed by atoms with van der Waals surface area (Å²) in [6.45, 7) is 4.39. The first-order valence-corrected chi connectivity index (χ1v) is 12.8. The average Bonchev–Trinajstić information content (AvgIpc) is 3.66. The van der Waals surface area contributed by atoms with E-state index in [0.29, 0.717) is 43.0 Å². The topological polar surface area (TPSA) is 102 Å². The second-order valence-corrected chi connectivity index (χ2v) is 9.75. The second kappa shape index (κ2) is 9.61. The Kier molecular flexibility index (Phi) is 6.00. The number of para-hydroxylation sites is 2. The van der Waals surface area contributed by atoms with Crippen molar-refractivity contribution in [2.24, 2.45) is 0 Å². The van der Waals surface area contributed by atoms with E-state index in [2.05, 4.69) is 26.3 Å². The number of hydrogen-bond acceptors (Lipinski definition) is 8. The SMILES string of the molecule is Cc1nn(-c2ccccc2)c2sc(C(=O)C(C#N)c3nnc(N4CCOCC4)n3-c3ccccc3)cc12. The minimum absolute atomic E-state index is 0.305. The lowest BCUT2D eigenvalue weighted by Gasteiger charge is -2.28. The van der Waals surface area contributed by atoms with Crippen molar-refractivity contribution < 1.29 is 9.53 Å². The van der Waals surface area contributed by atoms with E-state index in [4.69, 9.17) is 4.74 Å². The van der Waals surface area contributed by atoms with Crippen LogP contribution in [-0.4, -0.2) is 56.6 Å². The van der Waals surface area contributed by atoms with Crippen molar-refractivity contribution in [3.05, 3.63) is 83.1 Å². The van der Waals surface area contributed by atoms with Crippen LogP contribution in [-0.2, 0) is 4.74 Å². The molecule has 0 bridgehead atoms. The molecule has 0 N–H and O–H groups in total. The number of Topliss-reactive ketones (excluding diaryl/α,β-unsaturated/α-hetero) is 1. The van der Waals surface area contributed by atoms with E-state index < -0.39 is 5.92 Å². The van der Waals surface area contributed by atoms with Crippen molar-refractivity contribution in [2.75, 3.05) is 31.2 Å². The first-order chi connectivity index (χ1) is 18.2. The zero-order valence-corrected chi connectivity index (χ0v) is 20.9. The highest BCUT2D eigenvalue weighted by Gasteiger charge is 2.32. The fraction of sp³-hybridized carbons (Fsp3) is 0.222. The van der Waals surface area contributed by atoms with Crippen LogP contribution in [0.4, 0.5) is 5.95 Å². The number of aromatic nitrogens is 5. The number of ketones is 1. The van der Waals surface area contributed by atoms with Crippen molar-refractivity contribution in [1.82, 2.24) is 24.5 Å². The molecule has 0 saturated carbocycles. The summed E-state index contributed by atoms with van der Waals surface area (Å²) in [5.74, 6) is -0.520. The van der Waals surface area contributed by atoms with Crippen LogP contribution in [0, 0.1) is 18.3 Å². The Bertz CT molecular complexity index is 1610. The van der Waals surface area contributed by atoms with Crippen molar-refractivity contribution >= 4 is 33.3 Å². The molecule has 6 rings (SSSR count). The maximum atomic E-state index is 13.8. The lowest BCUT2D eigenvalue weighted by atomic mass is 10.0. The Hall–Kier alpha value is -4.33. The number of hydrogen-bond donors (Lipinski definition) is 0. The molecular weight excluding hydrogens is 486 g/mol. The molecule has 0 amide bonds. The Morgan fingerprint density at radius 3 is 2.38 bits per heavy atom. The molecule has 10 heteroatoms. The maximum Gasteiger partial charge on any atom is 0.232 e. The maximum absolute atomic E-state index is 13.8. The normalized spacial score (nSPS) is 14.5. The molecule has 4 heterocycles. The Morgan fingerprint density at radius 2 is 1.70 bits per heavy atom. The zero-order chi connectivity index (χ0) is 25.4. The monoisotopic (exact) mass is 509 g/mol. The van der Waals surface area contributed by atoms with Gasteiger partial charge in [0.25, 0.3) is 0 Å². The van der Waals surface area contributed by atoms with Crippen LogP contribution in [0.25, 0.3) is 21.6 Å². The summed E-state index contributed by atoms with van der Waals surface area (Å²) >= 11 is 1.34. The molecule has 1 fully saturated rings. The first kappa shape index (κ1) is 23.1. The van der Waals surface area contributed by atoms with Crippen LogP contribution in [0.3, 0.4) is 0 Å². The number of morpholine rings is 1. The highest BCUT2D eigenvalue weighted by molar-refractivity contribution is 7.20. The van der Waals surface area contributed by atoms with E-state index in [1.165, 1.54) is 11.3 Å². The van der Waals surface area contributed by atoms with Crippen LogP contribution >= 0.6 is 11.3 Å². The molecule has 5 aromatic rings. The molecule has 0 spiro atoms. The quantitative estimate of drug-likeness (QED) is 0.315. The number of ether oxygens (including phenoxy) is 1. The Labute approximate surface area is 217 Å². The summed E-state index contributed by atoms with van der Waals surface area (Å²) in [7, 11) is 0. The molecule has 9 nitrogen and oxygen atoms in total. The fourth-order valence-electron chi connectivity index (χ4n) is 4.56. The molecule has 1 unspecified atom stereocenters. The van der Waals surface area contributed by atoms with E-state index in [-0.39, 0.29) is 5.78 Å². The summed E-state index contributed by atoms with van der Waals surface area (Å²) in [6, 6.07) is 23.4. The highest BCUT2D eigenvalue weighted by atomic mass is 32.1. The number of anilines is 1. The van der Waals surface area contributed by atoms with Gasteiger partial charge in [0.05, 0.1) is 41.2 Å².